The van der Waals surface area contributed by atoms with Crippen LogP contribution in [-0.2, 0) is 6.54 Å². The molecule has 1 fully saturated rings. The Morgan fingerprint density at radius 1 is 1.36 bits per heavy atom. The van der Waals surface area contributed by atoms with Gasteiger partial charge in [-0.05, 0) is 43.4 Å². The van der Waals surface area contributed by atoms with E-state index in [2.05, 4.69) is 11.8 Å². The van der Waals surface area contributed by atoms with Gasteiger partial charge in [0.1, 0.15) is 0 Å². The van der Waals surface area contributed by atoms with Crippen molar-refractivity contribution in [3.8, 4) is 17.2 Å². The van der Waals surface area contributed by atoms with Gasteiger partial charge in [0.15, 0.2) is 11.5 Å². The molecule has 0 saturated heterocycles. The second-order valence-electron chi connectivity index (χ2n) is 6.29. The van der Waals surface area contributed by atoms with Crippen LogP contribution < -0.4 is 14.2 Å². The van der Waals surface area contributed by atoms with Gasteiger partial charge in [0.05, 0.1) is 13.7 Å². The van der Waals surface area contributed by atoms with E-state index in [4.69, 9.17) is 14.2 Å². The van der Waals surface area contributed by atoms with Crippen LogP contribution in [0, 0.1) is 5.92 Å². The number of fused-ring (bicyclic) bond motifs is 1. The van der Waals surface area contributed by atoms with Crippen molar-refractivity contribution < 1.29 is 19.3 Å². The Morgan fingerprint density at radius 3 is 2.82 bits per heavy atom. The fraction of sp³-hybridized carbons (Fsp3) is 0.647. The van der Waals surface area contributed by atoms with Crippen molar-refractivity contribution in [1.29, 1.82) is 0 Å². The Bertz CT molecular complexity index is 516. The summed E-state index contributed by atoms with van der Waals surface area (Å²) in [6.07, 6.45) is 3.95. The highest BCUT2D eigenvalue weighted by atomic mass is 16.7. The summed E-state index contributed by atoms with van der Waals surface area (Å²) in [6, 6.07) is 4.17. The van der Waals surface area contributed by atoms with Crippen LogP contribution in [0.15, 0.2) is 12.1 Å². The van der Waals surface area contributed by atoms with Gasteiger partial charge < -0.3 is 19.3 Å². The third-order valence-electron chi connectivity index (χ3n) is 4.71. The minimum Gasteiger partial charge on any atom is -0.493 e. The molecule has 1 aromatic rings. The van der Waals surface area contributed by atoms with Crippen molar-refractivity contribution in [2.75, 3.05) is 27.1 Å². The quantitative estimate of drug-likeness (QED) is 0.838. The maximum absolute atomic E-state index is 9.53. The van der Waals surface area contributed by atoms with Crippen LogP contribution in [0.2, 0.25) is 0 Å². The minimum atomic E-state index is 0.150. The average molecular weight is 307 g/mol. The highest BCUT2D eigenvalue weighted by molar-refractivity contribution is 5.55. The molecule has 5 nitrogen and oxygen atoms in total. The van der Waals surface area contributed by atoms with E-state index in [0.29, 0.717) is 11.5 Å². The lowest BCUT2D eigenvalue weighted by Crippen LogP contribution is -2.40. The smallest absolute Gasteiger partial charge is 0.231 e. The van der Waals surface area contributed by atoms with E-state index in [1.54, 1.807) is 7.11 Å². The van der Waals surface area contributed by atoms with E-state index < -0.39 is 0 Å². The normalized spacial score (nSPS) is 18.4. The number of hydrogen-bond donors (Lipinski definition) is 1. The van der Waals surface area contributed by atoms with Gasteiger partial charge in [-0.1, -0.05) is 6.42 Å². The lowest BCUT2D eigenvalue weighted by atomic mass is 9.85. The number of nitrogens with zero attached hydrogens (tertiary/aromatic N) is 1. The van der Waals surface area contributed by atoms with E-state index in [-0.39, 0.29) is 19.4 Å². The molecule has 0 radical (unpaired) electrons. The summed E-state index contributed by atoms with van der Waals surface area (Å²) in [7, 11) is 1.64. The van der Waals surface area contributed by atoms with Crippen LogP contribution in [0.5, 0.6) is 17.2 Å². The molecule has 22 heavy (non-hydrogen) atoms. The molecule has 0 aromatic heterocycles. The van der Waals surface area contributed by atoms with Crippen LogP contribution in [0.1, 0.15) is 31.7 Å². The summed E-state index contributed by atoms with van der Waals surface area (Å²) in [6.45, 7) is 4.31. The zero-order chi connectivity index (χ0) is 15.5. The number of aliphatic hydroxyl groups is 1. The molecule has 5 heteroatoms. The number of benzene rings is 1. The summed E-state index contributed by atoms with van der Waals surface area (Å²) >= 11 is 0. The van der Waals surface area contributed by atoms with E-state index >= 15 is 0 Å². The summed E-state index contributed by atoms with van der Waals surface area (Å²) in [5.74, 6) is 2.91. The number of methoxy groups -OCH3 is 1. The zero-order valence-electron chi connectivity index (χ0n) is 13.4. The Labute approximate surface area is 131 Å². The van der Waals surface area contributed by atoms with E-state index in [1.165, 1.54) is 19.3 Å². The first-order valence-corrected chi connectivity index (χ1v) is 8.02. The molecule has 0 amide bonds. The zero-order valence-corrected chi connectivity index (χ0v) is 13.4. The standard InChI is InChI=1S/C17H25NO4/c1-12(10-19)18(8-13-4-3-5-13)9-14-6-15(20-2)17-16(7-14)21-11-22-17/h6-7,12-13,19H,3-5,8-11H2,1-2H3. The Kier molecular flexibility index (Phi) is 4.74. The Hall–Kier alpha value is -1.46. The lowest BCUT2D eigenvalue weighted by Gasteiger charge is -2.35. The third kappa shape index (κ3) is 3.15. The molecule has 2 aliphatic rings. The molecule has 1 aliphatic carbocycles. The largest absolute Gasteiger partial charge is 0.493 e. The molecule has 1 saturated carbocycles. The molecule has 1 unspecified atom stereocenters. The molecule has 1 aliphatic heterocycles. The van der Waals surface area contributed by atoms with Gasteiger partial charge in [-0.25, -0.2) is 0 Å². The Morgan fingerprint density at radius 2 is 2.18 bits per heavy atom. The van der Waals surface area contributed by atoms with Crippen molar-refractivity contribution >= 4 is 0 Å². The van der Waals surface area contributed by atoms with Gasteiger partial charge in [-0.15, -0.1) is 0 Å². The number of rotatable bonds is 7. The maximum Gasteiger partial charge on any atom is 0.231 e. The van der Waals surface area contributed by atoms with Crippen LogP contribution in [0.25, 0.3) is 0 Å². The van der Waals surface area contributed by atoms with Gasteiger partial charge in [0.25, 0.3) is 0 Å². The molecule has 0 spiro atoms. The second-order valence-corrected chi connectivity index (χ2v) is 6.29. The second kappa shape index (κ2) is 6.75. The first-order valence-electron chi connectivity index (χ1n) is 8.02. The molecule has 3 rings (SSSR count). The SMILES string of the molecule is COc1cc(CN(CC2CCC2)C(C)CO)cc2c1OCO2. The molecule has 1 aromatic carbocycles. The van der Waals surface area contributed by atoms with Gasteiger partial charge in [-0.2, -0.15) is 0 Å². The van der Waals surface area contributed by atoms with Gasteiger partial charge in [0, 0.05) is 19.1 Å². The molecular formula is C17H25NO4. The van der Waals surface area contributed by atoms with Gasteiger partial charge in [0.2, 0.25) is 12.5 Å². The number of aliphatic hydroxyl groups excluding tert-OH is 1. The van der Waals surface area contributed by atoms with Crippen molar-refractivity contribution in [3.05, 3.63) is 17.7 Å². The first-order chi connectivity index (χ1) is 10.7. The van der Waals surface area contributed by atoms with Crippen molar-refractivity contribution in [3.63, 3.8) is 0 Å². The topological polar surface area (TPSA) is 51.2 Å². The van der Waals surface area contributed by atoms with E-state index in [0.717, 1.165) is 30.3 Å². The van der Waals surface area contributed by atoms with Crippen molar-refractivity contribution in [2.24, 2.45) is 5.92 Å². The predicted octanol–water partition coefficient (Wildman–Crippen LogP) is 2.41. The first kappa shape index (κ1) is 15.4. The molecule has 1 heterocycles. The Balaban J connectivity index is 1.76. The van der Waals surface area contributed by atoms with Gasteiger partial charge >= 0.3 is 0 Å². The lowest BCUT2D eigenvalue weighted by molar-refractivity contribution is 0.0917. The van der Waals surface area contributed by atoms with Crippen LogP contribution in [-0.4, -0.2) is 43.1 Å². The average Bonchev–Trinajstić information content (AvgIpc) is 2.96. The van der Waals surface area contributed by atoms with Crippen LogP contribution in [0.4, 0.5) is 0 Å². The summed E-state index contributed by atoms with van der Waals surface area (Å²) < 4.78 is 16.3. The molecule has 0 bridgehead atoms. The molecular weight excluding hydrogens is 282 g/mol. The fourth-order valence-electron chi connectivity index (χ4n) is 3.03. The maximum atomic E-state index is 9.53. The predicted molar refractivity (Wildman–Crippen MR) is 83.4 cm³/mol. The minimum absolute atomic E-state index is 0.150. The van der Waals surface area contributed by atoms with Crippen LogP contribution in [0.3, 0.4) is 0 Å². The van der Waals surface area contributed by atoms with Crippen molar-refractivity contribution in [2.45, 2.75) is 38.8 Å². The summed E-state index contributed by atoms with van der Waals surface area (Å²) in [4.78, 5) is 2.35. The molecule has 122 valence electrons. The highest BCUT2D eigenvalue weighted by Gasteiger charge is 2.25. The third-order valence-corrected chi connectivity index (χ3v) is 4.71. The summed E-state index contributed by atoms with van der Waals surface area (Å²) in [5.41, 5.74) is 1.13. The summed E-state index contributed by atoms with van der Waals surface area (Å²) in [5, 5.41) is 9.53. The highest BCUT2D eigenvalue weighted by Crippen LogP contribution is 2.42. The fourth-order valence-corrected chi connectivity index (χ4v) is 3.03. The van der Waals surface area contributed by atoms with Gasteiger partial charge in [-0.3, -0.25) is 4.90 Å². The number of hydrogen-bond acceptors (Lipinski definition) is 5. The van der Waals surface area contributed by atoms with Crippen LogP contribution >= 0.6 is 0 Å². The number of ether oxygens (including phenoxy) is 3. The van der Waals surface area contributed by atoms with Crippen molar-refractivity contribution in [1.82, 2.24) is 4.90 Å². The molecule has 1 N–H and O–H groups in total. The monoisotopic (exact) mass is 307 g/mol. The van der Waals surface area contributed by atoms with E-state index in [9.17, 15) is 5.11 Å². The van der Waals surface area contributed by atoms with E-state index in [1.807, 2.05) is 12.1 Å². The molecule has 1 atom stereocenters.